The van der Waals surface area contributed by atoms with Gasteiger partial charge in [0.2, 0.25) is 0 Å². The summed E-state index contributed by atoms with van der Waals surface area (Å²) in [7, 11) is 0. The Morgan fingerprint density at radius 3 is 2.06 bits per heavy atom. The van der Waals surface area contributed by atoms with Crippen LogP contribution in [0.1, 0.15) is 60.8 Å². The zero-order chi connectivity index (χ0) is 12.8. The summed E-state index contributed by atoms with van der Waals surface area (Å²) < 4.78 is 0. The van der Waals surface area contributed by atoms with Crippen molar-refractivity contribution in [3.05, 3.63) is 0 Å². The molecule has 1 fully saturated rings. The van der Waals surface area contributed by atoms with Crippen LogP contribution in [-0.4, -0.2) is 16.5 Å². The normalized spacial score (nSPS) is 31.8. The quantitative estimate of drug-likeness (QED) is 0.745. The summed E-state index contributed by atoms with van der Waals surface area (Å²) in [6.07, 6.45) is 2.55. The molecule has 0 amide bonds. The van der Waals surface area contributed by atoms with Gasteiger partial charge in [0, 0.05) is 11.3 Å². The average Bonchev–Trinajstić information content (AvgIpc) is 2.44. The molecule has 94 valence electrons. The third kappa shape index (κ3) is 2.17. The van der Waals surface area contributed by atoms with Gasteiger partial charge in [-0.25, -0.2) is 0 Å². The minimum atomic E-state index is -0.822. The molecule has 0 spiro atoms. The van der Waals surface area contributed by atoms with Crippen LogP contribution >= 0.6 is 0 Å². The number of carbonyl (C=O) groups excluding carboxylic acids is 1. The van der Waals surface area contributed by atoms with Crippen molar-refractivity contribution in [3.63, 3.8) is 0 Å². The highest BCUT2D eigenvalue weighted by Crippen LogP contribution is 2.49. The molecule has 1 aliphatic rings. The molecule has 1 aliphatic carbocycles. The maximum atomic E-state index is 12.4. The molecular formula is C14H26O2. The van der Waals surface area contributed by atoms with Crippen LogP contribution < -0.4 is 0 Å². The molecule has 2 heteroatoms. The standard InChI is InChI=1S/C14H26O2/c1-12(2,3)11(15)10-8-7-9-14(10,16)13(4,5)6/h10,16H,7-9H2,1-6H3/t10-,14+/m0/s1. The molecule has 0 bridgehead atoms. The van der Waals surface area contributed by atoms with Crippen molar-refractivity contribution in [2.75, 3.05) is 0 Å². The van der Waals surface area contributed by atoms with Gasteiger partial charge in [0.25, 0.3) is 0 Å². The van der Waals surface area contributed by atoms with Crippen molar-refractivity contribution < 1.29 is 9.90 Å². The van der Waals surface area contributed by atoms with Crippen LogP contribution in [0.15, 0.2) is 0 Å². The molecule has 0 radical (unpaired) electrons. The molecule has 2 nitrogen and oxygen atoms in total. The Hall–Kier alpha value is -0.370. The Kier molecular flexibility index (Phi) is 3.28. The van der Waals surface area contributed by atoms with Crippen molar-refractivity contribution >= 4 is 5.78 Å². The van der Waals surface area contributed by atoms with Gasteiger partial charge in [-0.2, -0.15) is 0 Å². The number of carbonyl (C=O) groups is 1. The van der Waals surface area contributed by atoms with E-state index in [1.165, 1.54) is 0 Å². The van der Waals surface area contributed by atoms with Gasteiger partial charge < -0.3 is 5.11 Å². The fourth-order valence-corrected chi connectivity index (χ4v) is 2.76. The highest BCUT2D eigenvalue weighted by molar-refractivity contribution is 5.87. The number of hydrogen-bond acceptors (Lipinski definition) is 2. The van der Waals surface area contributed by atoms with E-state index in [2.05, 4.69) is 0 Å². The third-order valence-corrected chi connectivity index (χ3v) is 3.98. The average molecular weight is 226 g/mol. The molecule has 1 rings (SSSR count). The Labute approximate surface area is 99.4 Å². The van der Waals surface area contributed by atoms with Crippen molar-refractivity contribution in [2.45, 2.75) is 66.4 Å². The summed E-state index contributed by atoms with van der Waals surface area (Å²) in [6.45, 7) is 11.9. The molecule has 0 unspecified atom stereocenters. The summed E-state index contributed by atoms with van der Waals surface area (Å²) in [6, 6.07) is 0. The number of Topliss-reactive ketones (excluding diaryl/α,β-unsaturated/α-hetero) is 1. The van der Waals surface area contributed by atoms with E-state index in [4.69, 9.17) is 0 Å². The van der Waals surface area contributed by atoms with E-state index < -0.39 is 5.60 Å². The van der Waals surface area contributed by atoms with Crippen LogP contribution in [0.3, 0.4) is 0 Å². The first kappa shape index (κ1) is 13.7. The van der Waals surface area contributed by atoms with E-state index in [9.17, 15) is 9.90 Å². The van der Waals surface area contributed by atoms with Crippen LogP contribution in [0.2, 0.25) is 0 Å². The van der Waals surface area contributed by atoms with Crippen molar-refractivity contribution in [2.24, 2.45) is 16.7 Å². The van der Waals surface area contributed by atoms with Gasteiger partial charge in [0.05, 0.1) is 5.60 Å². The van der Waals surface area contributed by atoms with E-state index in [1.54, 1.807) is 0 Å². The van der Waals surface area contributed by atoms with Gasteiger partial charge in [0.15, 0.2) is 0 Å². The minimum absolute atomic E-state index is 0.188. The second kappa shape index (κ2) is 3.83. The van der Waals surface area contributed by atoms with Crippen LogP contribution in [0.5, 0.6) is 0 Å². The van der Waals surface area contributed by atoms with Crippen molar-refractivity contribution in [1.82, 2.24) is 0 Å². The fourth-order valence-electron chi connectivity index (χ4n) is 2.76. The van der Waals surface area contributed by atoms with Crippen LogP contribution in [0, 0.1) is 16.7 Å². The van der Waals surface area contributed by atoms with Gasteiger partial charge in [-0.1, -0.05) is 41.5 Å². The highest BCUT2D eigenvalue weighted by atomic mass is 16.3. The molecule has 0 heterocycles. The summed E-state index contributed by atoms with van der Waals surface area (Å²) >= 11 is 0. The molecule has 0 aromatic heterocycles. The topological polar surface area (TPSA) is 37.3 Å². The number of aliphatic hydroxyl groups is 1. The summed E-state index contributed by atoms with van der Waals surface area (Å²) in [4.78, 5) is 12.4. The Morgan fingerprint density at radius 1 is 1.19 bits per heavy atom. The molecular weight excluding hydrogens is 200 g/mol. The SMILES string of the molecule is CC(C)(C)C(=O)[C@@H]1CCC[C@]1(O)C(C)(C)C. The smallest absolute Gasteiger partial charge is 0.144 e. The molecule has 2 atom stereocenters. The van der Waals surface area contributed by atoms with E-state index >= 15 is 0 Å². The van der Waals surface area contributed by atoms with Gasteiger partial charge in [-0.05, 0) is 24.7 Å². The monoisotopic (exact) mass is 226 g/mol. The second-order valence-electron chi connectivity index (χ2n) is 7.23. The minimum Gasteiger partial charge on any atom is -0.389 e. The zero-order valence-corrected chi connectivity index (χ0v) is 11.6. The van der Waals surface area contributed by atoms with Gasteiger partial charge in [0.1, 0.15) is 5.78 Å². The predicted octanol–water partition coefficient (Wildman–Crippen LogP) is 3.18. The number of rotatable bonds is 1. The Bertz CT molecular complexity index is 280. The number of hydrogen-bond donors (Lipinski definition) is 1. The molecule has 0 aromatic carbocycles. The first-order chi connectivity index (χ1) is 7.00. The van der Waals surface area contributed by atoms with Crippen molar-refractivity contribution in [1.29, 1.82) is 0 Å². The molecule has 1 N–H and O–H groups in total. The Balaban J connectivity index is 3.02. The van der Waals surface area contributed by atoms with Gasteiger partial charge >= 0.3 is 0 Å². The van der Waals surface area contributed by atoms with Crippen LogP contribution in [0.4, 0.5) is 0 Å². The molecule has 16 heavy (non-hydrogen) atoms. The number of ketones is 1. The lowest BCUT2D eigenvalue weighted by Crippen LogP contribution is -2.50. The summed E-state index contributed by atoms with van der Waals surface area (Å²) in [5.74, 6) is 0.0231. The first-order valence-corrected chi connectivity index (χ1v) is 6.27. The van der Waals surface area contributed by atoms with Gasteiger partial charge in [-0.3, -0.25) is 4.79 Å². The third-order valence-electron chi connectivity index (χ3n) is 3.98. The molecule has 1 saturated carbocycles. The largest absolute Gasteiger partial charge is 0.389 e. The molecule has 0 saturated heterocycles. The van der Waals surface area contributed by atoms with Gasteiger partial charge in [-0.15, -0.1) is 0 Å². The fraction of sp³-hybridized carbons (Fsp3) is 0.929. The van der Waals surface area contributed by atoms with E-state index in [0.29, 0.717) is 0 Å². The summed E-state index contributed by atoms with van der Waals surface area (Å²) in [5.41, 5.74) is -1.40. The molecule has 0 aliphatic heterocycles. The lowest BCUT2D eigenvalue weighted by Gasteiger charge is -2.43. The van der Waals surface area contributed by atoms with E-state index in [0.717, 1.165) is 19.3 Å². The van der Waals surface area contributed by atoms with E-state index in [1.807, 2.05) is 41.5 Å². The maximum absolute atomic E-state index is 12.4. The lowest BCUT2D eigenvalue weighted by atomic mass is 9.66. The Morgan fingerprint density at radius 2 is 1.69 bits per heavy atom. The van der Waals surface area contributed by atoms with E-state index in [-0.39, 0.29) is 22.5 Å². The van der Waals surface area contributed by atoms with Crippen LogP contribution in [-0.2, 0) is 4.79 Å². The predicted molar refractivity (Wildman–Crippen MR) is 66.2 cm³/mol. The highest BCUT2D eigenvalue weighted by Gasteiger charge is 2.53. The maximum Gasteiger partial charge on any atom is 0.144 e. The summed E-state index contributed by atoms with van der Waals surface area (Å²) in [5, 5.41) is 10.8. The lowest BCUT2D eigenvalue weighted by molar-refractivity contribution is -0.147. The zero-order valence-electron chi connectivity index (χ0n) is 11.6. The van der Waals surface area contributed by atoms with Crippen molar-refractivity contribution in [3.8, 4) is 0 Å². The first-order valence-electron chi connectivity index (χ1n) is 6.27. The molecule has 0 aromatic rings. The van der Waals surface area contributed by atoms with Crippen LogP contribution in [0.25, 0.3) is 0 Å². The second-order valence-corrected chi connectivity index (χ2v) is 7.23.